The number of nitrogens with one attached hydrogen (secondary N) is 1. The number of para-hydroxylation sites is 1. The summed E-state index contributed by atoms with van der Waals surface area (Å²) in [5.41, 5.74) is 6.98. The standard InChI is InChI=1S/C13H15N3O2/c1-16(8-12(14)17)13(18)6-9-7-15-11-5-3-2-4-10(9)11/h2-5,7,15H,6,8H2,1H3,(H2,14,17). The normalized spacial score (nSPS) is 10.5. The topological polar surface area (TPSA) is 79.2 Å². The van der Waals surface area contributed by atoms with Gasteiger partial charge in [-0.1, -0.05) is 18.2 Å². The van der Waals surface area contributed by atoms with E-state index in [2.05, 4.69) is 4.98 Å². The first kappa shape index (κ1) is 12.2. The largest absolute Gasteiger partial charge is 0.368 e. The molecule has 0 aliphatic rings. The SMILES string of the molecule is CN(CC(N)=O)C(=O)Cc1c[nH]c2ccccc12. The molecule has 0 unspecified atom stereocenters. The first-order valence-corrected chi connectivity index (χ1v) is 5.65. The number of rotatable bonds is 4. The maximum Gasteiger partial charge on any atom is 0.237 e. The van der Waals surface area contributed by atoms with Crippen molar-refractivity contribution in [3.8, 4) is 0 Å². The minimum atomic E-state index is -0.509. The molecule has 5 heteroatoms. The van der Waals surface area contributed by atoms with Gasteiger partial charge in [0.2, 0.25) is 11.8 Å². The molecule has 3 N–H and O–H groups in total. The van der Waals surface area contributed by atoms with Gasteiger partial charge in [0, 0.05) is 24.1 Å². The lowest BCUT2D eigenvalue weighted by atomic mass is 10.1. The van der Waals surface area contributed by atoms with Gasteiger partial charge >= 0.3 is 0 Å². The van der Waals surface area contributed by atoms with Crippen molar-refractivity contribution in [1.29, 1.82) is 0 Å². The highest BCUT2D eigenvalue weighted by Crippen LogP contribution is 2.18. The molecule has 2 rings (SSSR count). The van der Waals surface area contributed by atoms with Crippen molar-refractivity contribution in [3.05, 3.63) is 36.0 Å². The van der Waals surface area contributed by atoms with Crippen LogP contribution in [-0.4, -0.2) is 35.3 Å². The molecule has 18 heavy (non-hydrogen) atoms. The highest BCUT2D eigenvalue weighted by Gasteiger charge is 2.13. The molecule has 1 aromatic heterocycles. The van der Waals surface area contributed by atoms with E-state index in [9.17, 15) is 9.59 Å². The Bertz CT molecular complexity index is 589. The van der Waals surface area contributed by atoms with Crippen LogP contribution in [0.15, 0.2) is 30.5 Å². The van der Waals surface area contributed by atoms with Crippen molar-refractivity contribution >= 4 is 22.7 Å². The Kier molecular flexibility index (Phi) is 3.32. The maximum absolute atomic E-state index is 11.9. The predicted molar refractivity (Wildman–Crippen MR) is 68.8 cm³/mol. The smallest absolute Gasteiger partial charge is 0.237 e. The van der Waals surface area contributed by atoms with Crippen LogP contribution in [0.25, 0.3) is 10.9 Å². The van der Waals surface area contributed by atoms with Crippen LogP contribution in [0.2, 0.25) is 0 Å². The fourth-order valence-electron chi connectivity index (χ4n) is 1.90. The number of benzene rings is 1. The summed E-state index contributed by atoms with van der Waals surface area (Å²) in [6.45, 7) is -0.0544. The van der Waals surface area contributed by atoms with Gasteiger partial charge in [0.1, 0.15) is 0 Å². The summed E-state index contributed by atoms with van der Waals surface area (Å²) in [4.78, 5) is 27.1. The highest BCUT2D eigenvalue weighted by molar-refractivity contribution is 5.90. The van der Waals surface area contributed by atoms with Crippen LogP contribution in [-0.2, 0) is 16.0 Å². The molecule has 0 fully saturated rings. The van der Waals surface area contributed by atoms with E-state index in [4.69, 9.17) is 5.73 Å². The number of fused-ring (bicyclic) bond motifs is 1. The van der Waals surface area contributed by atoms with Crippen LogP contribution in [0.1, 0.15) is 5.56 Å². The summed E-state index contributed by atoms with van der Waals surface area (Å²) in [5, 5.41) is 1.03. The van der Waals surface area contributed by atoms with Crippen molar-refractivity contribution < 1.29 is 9.59 Å². The Morgan fingerprint density at radius 1 is 1.33 bits per heavy atom. The highest BCUT2D eigenvalue weighted by atomic mass is 16.2. The zero-order valence-electron chi connectivity index (χ0n) is 10.1. The number of amides is 2. The van der Waals surface area contributed by atoms with Crippen LogP contribution in [0, 0.1) is 0 Å². The Morgan fingerprint density at radius 2 is 2.06 bits per heavy atom. The van der Waals surface area contributed by atoms with Crippen LogP contribution in [0.4, 0.5) is 0 Å². The third-order valence-corrected chi connectivity index (χ3v) is 2.84. The van der Waals surface area contributed by atoms with E-state index >= 15 is 0 Å². The number of aromatic nitrogens is 1. The third kappa shape index (κ3) is 2.51. The van der Waals surface area contributed by atoms with Crippen LogP contribution < -0.4 is 5.73 Å². The predicted octanol–water partition coefficient (Wildman–Crippen LogP) is 0.654. The average Bonchev–Trinajstić information content (AvgIpc) is 2.72. The molecule has 0 saturated heterocycles. The second kappa shape index (κ2) is 4.91. The molecule has 0 bridgehead atoms. The van der Waals surface area contributed by atoms with Gasteiger partial charge in [-0.15, -0.1) is 0 Å². The quantitative estimate of drug-likeness (QED) is 0.829. The summed E-state index contributed by atoms with van der Waals surface area (Å²) >= 11 is 0. The summed E-state index contributed by atoms with van der Waals surface area (Å²) in [6.07, 6.45) is 2.08. The number of aromatic amines is 1. The molecular formula is C13H15N3O2. The summed E-state index contributed by atoms with van der Waals surface area (Å²) in [6, 6.07) is 7.78. The second-order valence-electron chi connectivity index (χ2n) is 4.25. The minimum Gasteiger partial charge on any atom is -0.368 e. The Hall–Kier alpha value is -2.30. The van der Waals surface area contributed by atoms with Crippen LogP contribution in [0.5, 0.6) is 0 Å². The molecule has 5 nitrogen and oxygen atoms in total. The Labute approximate surface area is 105 Å². The Balaban J connectivity index is 2.14. The van der Waals surface area contributed by atoms with Gasteiger partial charge in [0.25, 0.3) is 0 Å². The molecular weight excluding hydrogens is 230 g/mol. The first-order valence-electron chi connectivity index (χ1n) is 5.65. The number of likely N-dealkylation sites (N-methyl/N-ethyl adjacent to an activating group) is 1. The fourth-order valence-corrected chi connectivity index (χ4v) is 1.90. The molecule has 0 atom stereocenters. The molecule has 0 saturated carbocycles. The molecule has 94 valence electrons. The number of primary amides is 1. The van der Waals surface area contributed by atoms with Gasteiger partial charge in [0.15, 0.2) is 0 Å². The first-order chi connectivity index (χ1) is 8.58. The zero-order valence-corrected chi connectivity index (χ0v) is 10.1. The lowest BCUT2D eigenvalue weighted by molar-refractivity contribution is -0.133. The van der Waals surface area contributed by atoms with E-state index < -0.39 is 5.91 Å². The molecule has 2 aromatic rings. The van der Waals surface area contributed by atoms with Crippen molar-refractivity contribution in [2.45, 2.75) is 6.42 Å². The van der Waals surface area contributed by atoms with E-state index in [0.717, 1.165) is 16.5 Å². The van der Waals surface area contributed by atoms with Gasteiger partial charge in [-0.3, -0.25) is 9.59 Å². The van der Waals surface area contributed by atoms with E-state index in [1.165, 1.54) is 4.90 Å². The zero-order chi connectivity index (χ0) is 13.1. The van der Waals surface area contributed by atoms with Crippen molar-refractivity contribution in [3.63, 3.8) is 0 Å². The average molecular weight is 245 g/mol. The summed E-state index contributed by atoms with van der Waals surface area (Å²) < 4.78 is 0. The van der Waals surface area contributed by atoms with Gasteiger partial charge < -0.3 is 15.6 Å². The van der Waals surface area contributed by atoms with Crippen molar-refractivity contribution in [1.82, 2.24) is 9.88 Å². The second-order valence-corrected chi connectivity index (χ2v) is 4.25. The number of hydrogen-bond donors (Lipinski definition) is 2. The van der Waals surface area contributed by atoms with Crippen molar-refractivity contribution in [2.75, 3.05) is 13.6 Å². The maximum atomic E-state index is 11.9. The number of carbonyl (C=O) groups excluding carboxylic acids is 2. The van der Waals surface area contributed by atoms with Gasteiger partial charge in [-0.25, -0.2) is 0 Å². The van der Waals surface area contributed by atoms with E-state index in [0.29, 0.717) is 0 Å². The molecule has 2 amide bonds. The molecule has 0 aliphatic heterocycles. The van der Waals surface area contributed by atoms with Crippen LogP contribution in [0.3, 0.4) is 0 Å². The van der Waals surface area contributed by atoms with E-state index in [-0.39, 0.29) is 18.9 Å². The lowest BCUT2D eigenvalue weighted by Gasteiger charge is -2.14. The number of carbonyl (C=O) groups is 2. The monoisotopic (exact) mass is 245 g/mol. The van der Waals surface area contributed by atoms with E-state index in [1.807, 2.05) is 30.5 Å². The minimum absolute atomic E-state index is 0.0544. The van der Waals surface area contributed by atoms with Crippen LogP contribution >= 0.6 is 0 Å². The van der Waals surface area contributed by atoms with Gasteiger partial charge in [-0.2, -0.15) is 0 Å². The Morgan fingerprint density at radius 3 is 2.78 bits per heavy atom. The lowest BCUT2D eigenvalue weighted by Crippen LogP contribution is -2.36. The number of H-pyrrole nitrogens is 1. The molecule has 1 aromatic carbocycles. The van der Waals surface area contributed by atoms with Gasteiger partial charge in [0.05, 0.1) is 13.0 Å². The summed E-state index contributed by atoms with van der Waals surface area (Å²) in [5.74, 6) is -0.636. The molecule has 0 spiro atoms. The number of nitrogens with two attached hydrogens (primary N) is 1. The fraction of sp³-hybridized carbons (Fsp3) is 0.231. The van der Waals surface area contributed by atoms with E-state index in [1.54, 1.807) is 7.05 Å². The molecule has 0 radical (unpaired) electrons. The number of nitrogens with zero attached hydrogens (tertiary/aromatic N) is 1. The third-order valence-electron chi connectivity index (χ3n) is 2.84. The van der Waals surface area contributed by atoms with Crippen molar-refractivity contribution in [2.24, 2.45) is 5.73 Å². The van der Waals surface area contributed by atoms with Gasteiger partial charge in [-0.05, 0) is 11.6 Å². The molecule has 0 aliphatic carbocycles. The number of hydrogen-bond acceptors (Lipinski definition) is 2. The summed E-state index contributed by atoms with van der Waals surface area (Å²) in [7, 11) is 1.57. The molecule has 1 heterocycles.